The van der Waals surface area contributed by atoms with Crippen molar-refractivity contribution in [3.63, 3.8) is 0 Å². The molecule has 0 aliphatic heterocycles. The van der Waals surface area contributed by atoms with Crippen LogP contribution in [0.2, 0.25) is 0 Å². The molecule has 0 radical (unpaired) electrons. The summed E-state index contributed by atoms with van der Waals surface area (Å²) in [5.41, 5.74) is 0.700. The molecule has 3 rings (SSSR count). The van der Waals surface area contributed by atoms with E-state index in [1.807, 2.05) is 31.3 Å². The molecule has 0 aromatic carbocycles. The highest BCUT2D eigenvalue weighted by atomic mass is 32.2. The molecule has 1 fully saturated rings. The Bertz CT molecular complexity index is 738. The van der Waals surface area contributed by atoms with Crippen LogP contribution in [0.3, 0.4) is 0 Å². The summed E-state index contributed by atoms with van der Waals surface area (Å²) in [5, 5.41) is 8.02. The second kappa shape index (κ2) is 5.36. The fraction of sp³-hybridized carbons (Fsp3) is 0.538. The van der Waals surface area contributed by atoms with Gasteiger partial charge in [-0.05, 0) is 37.8 Å². The fourth-order valence-electron chi connectivity index (χ4n) is 2.36. The summed E-state index contributed by atoms with van der Waals surface area (Å²) in [4.78, 5) is 0. The van der Waals surface area contributed by atoms with Crippen LogP contribution in [0.25, 0.3) is 5.65 Å². The van der Waals surface area contributed by atoms with Crippen LogP contribution in [0.1, 0.15) is 25.6 Å². The predicted molar refractivity (Wildman–Crippen MR) is 78.7 cm³/mol. The highest BCUT2D eigenvalue weighted by molar-refractivity contribution is 7.87. The van der Waals surface area contributed by atoms with E-state index < -0.39 is 10.2 Å². The van der Waals surface area contributed by atoms with Crippen molar-refractivity contribution >= 4 is 15.9 Å². The standard InChI is InChI=1S/C13H19N5O2S/c1-10(11-6-7-11)17(2)21(19,20)14-9-13-16-15-12-5-3-4-8-18(12)13/h3-5,8,10-11,14H,6-7,9H2,1-2H3. The predicted octanol–water partition coefficient (Wildman–Crippen LogP) is 0.794. The van der Waals surface area contributed by atoms with E-state index in [2.05, 4.69) is 14.9 Å². The van der Waals surface area contributed by atoms with Crippen LogP contribution in [0.5, 0.6) is 0 Å². The molecule has 1 aliphatic carbocycles. The molecule has 8 heteroatoms. The third-order valence-corrected chi connectivity index (χ3v) is 5.65. The third kappa shape index (κ3) is 2.92. The summed E-state index contributed by atoms with van der Waals surface area (Å²) < 4.78 is 30.4. The summed E-state index contributed by atoms with van der Waals surface area (Å²) >= 11 is 0. The normalized spacial score (nSPS) is 17.5. The molecule has 2 heterocycles. The maximum Gasteiger partial charge on any atom is 0.279 e. The van der Waals surface area contributed by atoms with Gasteiger partial charge in [-0.15, -0.1) is 10.2 Å². The van der Waals surface area contributed by atoms with Gasteiger partial charge < -0.3 is 0 Å². The minimum absolute atomic E-state index is 0.0256. The lowest BCUT2D eigenvalue weighted by atomic mass is 10.2. The van der Waals surface area contributed by atoms with Crippen LogP contribution in [0, 0.1) is 5.92 Å². The fourth-order valence-corrected chi connectivity index (χ4v) is 3.49. The van der Waals surface area contributed by atoms with Crippen LogP contribution >= 0.6 is 0 Å². The lowest BCUT2D eigenvalue weighted by Gasteiger charge is -2.24. The minimum atomic E-state index is -3.51. The first-order valence-corrected chi connectivity index (χ1v) is 8.44. The average molecular weight is 309 g/mol. The van der Waals surface area contributed by atoms with E-state index in [4.69, 9.17) is 0 Å². The maximum atomic E-state index is 12.3. The van der Waals surface area contributed by atoms with E-state index in [0.717, 1.165) is 12.8 Å². The molecule has 2 aromatic heterocycles. The molecule has 2 aromatic rings. The Balaban J connectivity index is 1.71. The molecule has 1 saturated carbocycles. The molecular weight excluding hydrogens is 290 g/mol. The Morgan fingerprint density at radius 3 is 2.90 bits per heavy atom. The summed E-state index contributed by atoms with van der Waals surface area (Å²) in [6.07, 6.45) is 4.03. The van der Waals surface area contributed by atoms with Crippen molar-refractivity contribution in [3.8, 4) is 0 Å². The maximum absolute atomic E-state index is 12.3. The number of nitrogens with one attached hydrogen (secondary N) is 1. The van der Waals surface area contributed by atoms with Gasteiger partial charge in [-0.25, -0.2) is 0 Å². The smallest absolute Gasteiger partial charge is 0.279 e. The van der Waals surface area contributed by atoms with Crippen molar-refractivity contribution in [1.29, 1.82) is 0 Å². The summed E-state index contributed by atoms with van der Waals surface area (Å²) in [6, 6.07) is 5.57. The number of hydrogen-bond acceptors (Lipinski definition) is 4. The van der Waals surface area contributed by atoms with Gasteiger partial charge in [0.15, 0.2) is 11.5 Å². The van der Waals surface area contributed by atoms with Crippen molar-refractivity contribution in [3.05, 3.63) is 30.2 Å². The summed E-state index contributed by atoms with van der Waals surface area (Å²) in [7, 11) is -1.89. The Morgan fingerprint density at radius 1 is 1.43 bits per heavy atom. The quantitative estimate of drug-likeness (QED) is 0.856. The average Bonchev–Trinajstić information content (AvgIpc) is 3.24. The van der Waals surface area contributed by atoms with Crippen molar-refractivity contribution in [1.82, 2.24) is 23.6 Å². The summed E-state index contributed by atoms with van der Waals surface area (Å²) in [6.45, 7) is 2.07. The van der Waals surface area contributed by atoms with E-state index in [1.165, 1.54) is 4.31 Å². The molecule has 0 spiro atoms. The molecule has 7 nitrogen and oxygen atoms in total. The van der Waals surface area contributed by atoms with E-state index in [-0.39, 0.29) is 12.6 Å². The first-order chi connectivity index (χ1) is 9.99. The van der Waals surface area contributed by atoms with E-state index in [1.54, 1.807) is 11.4 Å². The van der Waals surface area contributed by atoms with E-state index in [0.29, 0.717) is 17.4 Å². The van der Waals surface area contributed by atoms with E-state index >= 15 is 0 Å². The number of aromatic nitrogens is 3. The lowest BCUT2D eigenvalue weighted by molar-refractivity contribution is 0.351. The second-order valence-corrected chi connectivity index (χ2v) is 7.28. The molecule has 0 amide bonds. The van der Waals surface area contributed by atoms with Crippen LogP contribution < -0.4 is 4.72 Å². The van der Waals surface area contributed by atoms with Crippen molar-refractivity contribution in [2.24, 2.45) is 5.92 Å². The van der Waals surface area contributed by atoms with Gasteiger partial charge in [-0.3, -0.25) is 4.40 Å². The molecule has 1 N–H and O–H groups in total. The van der Waals surface area contributed by atoms with Gasteiger partial charge in [0.1, 0.15) is 0 Å². The summed E-state index contributed by atoms with van der Waals surface area (Å²) in [5.74, 6) is 1.06. The number of rotatable bonds is 6. The van der Waals surface area contributed by atoms with Gasteiger partial charge in [0, 0.05) is 19.3 Å². The van der Waals surface area contributed by atoms with Gasteiger partial charge in [0.25, 0.3) is 10.2 Å². The van der Waals surface area contributed by atoms with Crippen molar-refractivity contribution < 1.29 is 8.42 Å². The van der Waals surface area contributed by atoms with Gasteiger partial charge in [-0.2, -0.15) is 17.4 Å². The number of hydrogen-bond donors (Lipinski definition) is 1. The largest absolute Gasteiger partial charge is 0.285 e. The SMILES string of the molecule is CC(C1CC1)N(C)S(=O)(=O)NCc1nnc2ccccn12. The van der Waals surface area contributed by atoms with Crippen LogP contribution in [0.4, 0.5) is 0 Å². The number of pyridine rings is 1. The zero-order chi connectivity index (χ0) is 15.0. The highest BCUT2D eigenvalue weighted by Crippen LogP contribution is 2.35. The number of fused-ring (bicyclic) bond motifs is 1. The third-order valence-electron chi connectivity index (χ3n) is 4.05. The zero-order valence-electron chi connectivity index (χ0n) is 12.1. The highest BCUT2D eigenvalue weighted by Gasteiger charge is 2.35. The van der Waals surface area contributed by atoms with E-state index in [9.17, 15) is 8.42 Å². The van der Waals surface area contributed by atoms with Crippen molar-refractivity contribution in [2.75, 3.05) is 7.05 Å². The Kier molecular flexibility index (Phi) is 3.68. The van der Waals surface area contributed by atoms with Crippen LogP contribution in [-0.4, -0.2) is 40.4 Å². The zero-order valence-corrected chi connectivity index (χ0v) is 12.9. The van der Waals surface area contributed by atoms with Crippen LogP contribution in [0.15, 0.2) is 24.4 Å². The lowest BCUT2D eigenvalue weighted by Crippen LogP contribution is -2.43. The molecule has 1 atom stereocenters. The van der Waals surface area contributed by atoms with Crippen molar-refractivity contribution in [2.45, 2.75) is 32.4 Å². The first-order valence-electron chi connectivity index (χ1n) is 7.00. The Labute approximate surface area is 124 Å². The molecule has 21 heavy (non-hydrogen) atoms. The van der Waals surface area contributed by atoms with Gasteiger partial charge >= 0.3 is 0 Å². The van der Waals surface area contributed by atoms with Crippen LogP contribution in [-0.2, 0) is 16.8 Å². The van der Waals surface area contributed by atoms with Gasteiger partial charge in [0.05, 0.1) is 6.54 Å². The monoisotopic (exact) mass is 309 g/mol. The first kappa shape index (κ1) is 14.4. The molecule has 0 saturated heterocycles. The molecule has 1 unspecified atom stereocenters. The minimum Gasteiger partial charge on any atom is -0.285 e. The Hall–Kier alpha value is -1.51. The molecule has 1 aliphatic rings. The Morgan fingerprint density at radius 2 is 2.19 bits per heavy atom. The number of nitrogens with zero attached hydrogens (tertiary/aromatic N) is 4. The second-order valence-electron chi connectivity index (χ2n) is 5.47. The molecule has 0 bridgehead atoms. The van der Waals surface area contributed by atoms with Gasteiger partial charge in [-0.1, -0.05) is 6.07 Å². The topological polar surface area (TPSA) is 79.6 Å². The molecular formula is C13H19N5O2S. The van der Waals surface area contributed by atoms with Gasteiger partial charge in [0.2, 0.25) is 0 Å². The molecule has 114 valence electrons.